The summed E-state index contributed by atoms with van der Waals surface area (Å²) >= 11 is 5.61. The van der Waals surface area contributed by atoms with Crippen LogP contribution in [0.15, 0.2) is 72.8 Å². The second-order valence-corrected chi connectivity index (χ2v) is 7.12. The average Bonchev–Trinajstić information content (AvgIpc) is 2.72. The molecule has 0 saturated carbocycles. The molecule has 4 nitrogen and oxygen atoms in total. The molecule has 1 aliphatic heterocycles. The maximum absolute atomic E-state index is 5.65. The van der Waals surface area contributed by atoms with Crippen LogP contribution in [0.5, 0.6) is 11.5 Å². The summed E-state index contributed by atoms with van der Waals surface area (Å²) in [6.07, 6.45) is 0. The summed E-state index contributed by atoms with van der Waals surface area (Å²) in [4.78, 5) is 0. The van der Waals surface area contributed by atoms with Crippen molar-refractivity contribution in [3.63, 3.8) is 0 Å². The van der Waals surface area contributed by atoms with E-state index < -0.39 is 0 Å². The minimum Gasteiger partial charge on any atom is -0.486 e. The zero-order valence-corrected chi connectivity index (χ0v) is 16.5. The molecule has 1 atom stereocenters. The van der Waals surface area contributed by atoms with Gasteiger partial charge in [0.2, 0.25) is 0 Å². The Morgan fingerprint density at radius 3 is 2.39 bits per heavy atom. The molecular formula is C23H22N2O2S. The van der Waals surface area contributed by atoms with Crippen LogP contribution in [0.2, 0.25) is 0 Å². The van der Waals surface area contributed by atoms with Gasteiger partial charge in [-0.3, -0.25) is 0 Å². The van der Waals surface area contributed by atoms with Crippen molar-refractivity contribution in [3.8, 4) is 11.5 Å². The highest BCUT2D eigenvalue weighted by Crippen LogP contribution is 2.32. The Bertz CT molecular complexity index is 975. The lowest BCUT2D eigenvalue weighted by Crippen LogP contribution is -2.33. The van der Waals surface area contributed by atoms with Gasteiger partial charge < -0.3 is 20.1 Å². The Labute approximate surface area is 170 Å². The summed E-state index contributed by atoms with van der Waals surface area (Å²) in [5.74, 6) is 1.50. The smallest absolute Gasteiger partial charge is 0.171 e. The molecule has 3 aromatic carbocycles. The molecule has 0 spiro atoms. The van der Waals surface area contributed by atoms with Gasteiger partial charge in [-0.25, -0.2) is 0 Å². The molecule has 4 rings (SSSR count). The third-order valence-electron chi connectivity index (χ3n) is 4.58. The van der Waals surface area contributed by atoms with E-state index in [0.29, 0.717) is 18.3 Å². The van der Waals surface area contributed by atoms with E-state index in [1.807, 2.05) is 36.4 Å². The maximum atomic E-state index is 5.65. The van der Waals surface area contributed by atoms with E-state index in [-0.39, 0.29) is 6.04 Å². The molecule has 0 bridgehead atoms. The number of benzene rings is 3. The van der Waals surface area contributed by atoms with E-state index in [4.69, 9.17) is 21.7 Å². The number of anilines is 1. The third-order valence-corrected chi connectivity index (χ3v) is 4.80. The minimum atomic E-state index is -0.0432. The fourth-order valence-corrected chi connectivity index (χ4v) is 3.51. The number of aryl methyl sites for hydroxylation is 1. The second kappa shape index (κ2) is 8.31. The predicted octanol–water partition coefficient (Wildman–Crippen LogP) is 4.84. The van der Waals surface area contributed by atoms with E-state index in [0.717, 1.165) is 28.3 Å². The molecule has 142 valence electrons. The van der Waals surface area contributed by atoms with Gasteiger partial charge in [0.25, 0.3) is 0 Å². The van der Waals surface area contributed by atoms with Crippen molar-refractivity contribution < 1.29 is 9.47 Å². The van der Waals surface area contributed by atoms with E-state index in [9.17, 15) is 0 Å². The first-order valence-corrected chi connectivity index (χ1v) is 9.68. The van der Waals surface area contributed by atoms with Crippen LogP contribution < -0.4 is 20.1 Å². The molecule has 2 N–H and O–H groups in total. The monoisotopic (exact) mass is 390 g/mol. The Kier molecular flexibility index (Phi) is 5.44. The third kappa shape index (κ3) is 4.26. The number of hydrogen-bond acceptors (Lipinski definition) is 3. The first-order valence-electron chi connectivity index (χ1n) is 9.28. The Morgan fingerprint density at radius 1 is 0.857 bits per heavy atom. The highest BCUT2D eigenvalue weighted by Gasteiger charge is 2.16. The molecule has 5 heteroatoms. The van der Waals surface area contributed by atoms with Gasteiger partial charge in [0.1, 0.15) is 13.2 Å². The zero-order valence-electron chi connectivity index (χ0n) is 15.6. The quantitative estimate of drug-likeness (QED) is 0.624. The van der Waals surface area contributed by atoms with Gasteiger partial charge in [-0.1, -0.05) is 60.2 Å². The van der Waals surface area contributed by atoms with Crippen molar-refractivity contribution in [2.24, 2.45) is 0 Å². The maximum Gasteiger partial charge on any atom is 0.171 e. The first-order chi connectivity index (χ1) is 13.7. The largest absolute Gasteiger partial charge is 0.486 e. The standard InChI is InChI=1S/C23H22N2O2S/c1-16-6-5-9-18(14-16)22(17-7-3-2-4-8-17)25-23(28)24-19-10-11-20-21(15-19)27-13-12-26-20/h2-11,14-15,22H,12-13H2,1H3,(H2,24,25,28)/t22-/m0/s1. The lowest BCUT2D eigenvalue weighted by molar-refractivity contribution is 0.171. The minimum absolute atomic E-state index is 0.0432. The summed E-state index contributed by atoms with van der Waals surface area (Å²) in [6.45, 7) is 3.23. The van der Waals surface area contributed by atoms with Gasteiger partial charge in [-0.2, -0.15) is 0 Å². The fourth-order valence-electron chi connectivity index (χ4n) is 3.27. The molecule has 3 aromatic rings. The highest BCUT2D eigenvalue weighted by molar-refractivity contribution is 7.80. The number of fused-ring (bicyclic) bond motifs is 1. The number of hydrogen-bond donors (Lipinski definition) is 2. The van der Waals surface area contributed by atoms with Crippen LogP contribution >= 0.6 is 12.2 Å². The van der Waals surface area contributed by atoms with Crippen LogP contribution in [-0.2, 0) is 0 Å². The van der Waals surface area contributed by atoms with Crippen LogP contribution in [-0.4, -0.2) is 18.3 Å². The van der Waals surface area contributed by atoms with Crippen molar-refractivity contribution in [1.82, 2.24) is 5.32 Å². The summed E-state index contributed by atoms with van der Waals surface area (Å²) < 4.78 is 11.2. The van der Waals surface area contributed by atoms with Gasteiger partial charge in [-0.05, 0) is 42.4 Å². The molecule has 0 unspecified atom stereocenters. The van der Waals surface area contributed by atoms with Crippen LogP contribution in [0, 0.1) is 6.92 Å². The van der Waals surface area contributed by atoms with Gasteiger partial charge in [0.05, 0.1) is 6.04 Å². The summed E-state index contributed by atoms with van der Waals surface area (Å²) in [6, 6.07) is 24.5. The summed E-state index contributed by atoms with van der Waals surface area (Å²) in [5.41, 5.74) is 4.39. The van der Waals surface area contributed by atoms with Crippen molar-refractivity contribution in [2.45, 2.75) is 13.0 Å². The predicted molar refractivity (Wildman–Crippen MR) is 116 cm³/mol. The lowest BCUT2D eigenvalue weighted by Gasteiger charge is -2.23. The van der Waals surface area contributed by atoms with Gasteiger partial charge >= 0.3 is 0 Å². The molecule has 0 amide bonds. The lowest BCUT2D eigenvalue weighted by atomic mass is 9.97. The van der Waals surface area contributed by atoms with Crippen LogP contribution in [0.1, 0.15) is 22.7 Å². The van der Waals surface area contributed by atoms with Crippen molar-refractivity contribution in [2.75, 3.05) is 18.5 Å². The van der Waals surface area contributed by atoms with E-state index in [2.05, 4.69) is 54.0 Å². The number of ether oxygens (including phenoxy) is 2. The second-order valence-electron chi connectivity index (χ2n) is 6.71. The van der Waals surface area contributed by atoms with Crippen molar-refractivity contribution in [3.05, 3.63) is 89.5 Å². The summed E-state index contributed by atoms with van der Waals surface area (Å²) in [7, 11) is 0. The van der Waals surface area contributed by atoms with Gasteiger partial charge in [0, 0.05) is 11.8 Å². The van der Waals surface area contributed by atoms with E-state index in [1.54, 1.807) is 0 Å². The SMILES string of the molecule is Cc1cccc([C@@H](NC(=S)Nc2ccc3c(c2)OCCO3)c2ccccc2)c1. The molecule has 28 heavy (non-hydrogen) atoms. The highest BCUT2D eigenvalue weighted by atomic mass is 32.1. The van der Waals surface area contributed by atoms with Crippen LogP contribution in [0.25, 0.3) is 0 Å². The molecule has 1 aliphatic rings. The Hall–Kier alpha value is -3.05. The number of thiocarbonyl (C=S) groups is 1. The van der Waals surface area contributed by atoms with Crippen LogP contribution in [0.4, 0.5) is 5.69 Å². The molecule has 0 aliphatic carbocycles. The van der Waals surface area contributed by atoms with Crippen molar-refractivity contribution in [1.29, 1.82) is 0 Å². The molecule has 0 aromatic heterocycles. The topological polar surface area (TPSA) is 42.5 Å². The van der Waals surface area contributed by atoms with E-state index in [1.165, 1.54) is 5.56 Å². The molecule has 0 fully saturated rings. The van der Waals surface area contributed by atoms with E-state index >= 15 is 0 Å². The average molecular weight is 391 g/mol. The first kappa shape index (κ1) is 18.3. The molecule has 1 heterocycles. The normalized spacial score (nSPS) is 13.5. The fraction of sp³-hybridized carbons (Fsp3) is 0.174. The number of nitrogens with one attached hydrogen (secondary N) is 2. The molecular weight excluding hydrogens is 368 g/mol. The Morgan fingerprint density at radius 2 is 1.61 bits per heavy atom. The van der Waals surface area contributed by atoms with Crippen LogP contribution in [0.3, 0.4) is 0 Å². The van der Waals surface area contributed by atoms with Gasteiger partial charge in [-0.15, -0.1) is 0 Å². The van der Waals surface area contributed by atoms with Gasteiger partial charge in [0.15, 0.2) is 16.6 Å². The Balaban J connectivity index is 1.54. The number of rotatable bonds is 4. The summed E-state index contributed by atoms with van der Waals surface area (Å²) in [5, 5.41) is 7.26. The molecule has 0 radical (unpaired) electrons. The molecule has 0 saturated heterocycles. The zero-order chi connectivity index (χ0) is 19.3. The van der Waals surface area contributed by atoms with Crippen molar-refractivity contribution >= 4 is 23.0 Å².